The van der Waals surface area contributed by atoms with E-state index in [1.54, 1.807) is 0 Å². The molecule has 0 spiro atoms. The Kier molecular flexibility index (Phi) is 72.4. The van der Waals surface area contributed by atoms with Crippen molar-refractivity contribution in [3.63, 3.8) is 0 Å². The van der Waals surface area contributed by atoms with Crippen molar-refractivity contribution in [1.29, 1.82) is 0 Å². The predicted octanol–water partition coefficient (Wildman–Crippen LogP) is 20.4. The maximum absolute atomic E-state index is 10.9. The number of aliphatic hydroxyl groups is 1. The molecule has 0 aliphatic rings. The van der Waals surface area contributed by atoms with Crippen LogP contribution in [-0.2, 0) is 45.8 Å². The zero-order valence-corrected chi connectivity index (χ0v) is 53.2. The summed E-state index contributed by atoms with van der Waals surface area (Å²) in [6.07, 6.45) is 76.9. The average Bonchev–Trinajstić information content (AvgIpc) is 3.43. The van der Waals surface area contributed by atoms with E-state index in [9.17, 15) is 5.11 Å². The van der Waals surface area contributed by atoms with Crippen LogP contribution >= 0.6 is 0 Å². The summed E-state index contributed by atoms with van der Waals surface area (Å²) in [5, 5.41) is 10.9. The van der Waals surface area contributed by atoms with Crippen molar-refractivity contribution in [1.82, 2.24) is 4.90 Å². The van der Waals surface area contributed by atoms with Crippen LogP contribution in [0.5, 0.6) is 0 Å². The van der Waals surface area contributed by atoms with Crippen molar-refractivity contribution in [2.75, 3.05) is 66.9 Å². The van der Waals surface area contributed by atoms with E-state index in [1.165, 1.54) is 193 Å². The maximum Gasteiger partial charge on any atom is 0.154 e. The van der Waals surface area contributed by atoms with E-state index in [0.717, 1.165) is 97.0 Å². The third-order valence-electron chi connectivity index (χ3n) is 14.1. The minimum Gasteiger partial charge on any atom is -0.368 e. The molecule has 0 aromatic rings. The Hall–Kier alpha value is -1.35. The standard InChI is InChI=1S/C69H129NO7.Cr/c1-5-8-11-14-17-20-23-26-29-32-35-38-41-44-47-50-60-72-65-70(4)59-53-58-69(71)77-68(56-54-63-75-66-73-61-51-48-45-42-39-36-33-30-27-24-21-18-15-12-9-6-2)57-55-64-76-67-74-62-52-49-46-43-40-37-34-31-28-25-22-19-16-13-10-7-3;/h17-22,26-31,68-69,71H,5-16,23-25,32-67H2,1-4H3;/b20-17-,21-18-,22-19-,29-26-,30-27-,31-28-;. The fourth-order valence-corrected chi connectivity index (χ4v) is 9.15. The molecule has 458 valence electrons. The summed E-state index contributed by atoms with van der Waals surface area (Å²) in [7, 11) is 2.09. The summed E-state index contributed by atoms with van der Waals surface area (Å²) in [4.78, 5) is 2.20. The van der Waals surface area contributed by atoms with Gasteiger partial charge in [-0.15, -0.1) is 0 Å². The van der Waals surface area contributed by atoms with E-state index in [0.29, 0.717) is 40.0 Å². The summed E-state index contributed by atoms with van der Waals surface area (Å²) in [6, 6.07) is 0. The molecule has 0 bridgehead atoms. The number of rotatable bonds is 65. The Morgan fingerprint density at radius 3 is 0.974 bits per heavy atom. The van der Waals surface area contributed by atoms with Gasteiger partial charge in [0, 0.05) is 56.9 Å². The van der Waals surface area contributed by atoms with Crippen molar-refractivity contribution in [3.05, 3.63) is 72.9 Å². The van der Waals surface area contributed by atoms with Crippen LogP contribution < -0.4 is 0 Å². The molecule has 8 nitrogen and oxygen atoms in total. The van der Waals surface area contributed by atoms with Crippen LogP contribution in [0.4, 0.5) is 0 Å². The van der Waals surface area contributed by atoms with Crippen LogP contribution in [0.1, 0.15) is 290 Å². The molecule has 0 fully saturated rings. The fraction of sp³-hybridized carbons (Fsp3) is 0.826. The quantitative estimate of drug-likeness (QED) is 0.0367. The molecule has 9 heteroatoms. The van der Waals surface area contributed by atoms with Crippen molar-refractivity contribution in [3.8, 4) is 0 Å². The summed E-state index contributed by atoms with van der Waals surface area (Å²) >= 11 is 0. The first-order chi connectivity index (χ1) is 38.1. The molecule has 1 N–H and O–H groups in total. The SMILES string of the molecule is CCCCC/C=C\C/C=C\CCCCCCCCOCOCCCC(CCCOCOCCCCCCCC/C=C\C/C=C\CCCCC)OC(O)CCCN(C)COCCCCCCCC/C=C\C/C=C\CCCCC.[Cr]. The van der Waals surface area contributed by atoms with Gasteiger partial charge in [0.05, 0.1) is 12.8 Å². The van der Waals surface area contributed by atoms with Crippen LogP contribution in [0.3, 0.4) is 0 Å². The van der Waals surface area contributed by atoms with Crippen molar-refractivity contribution < 1.29 is 50.9 Å². The molecule has 1 atom stereocenters. The van der Waals surface area contributed by atoms with E-state index in [2.05, 4.69) is 106 Å². The third kappa shape index (κ3) is 68.9. The van der Waals surface area contributed by atoms with Crippen LogP contribution in [-0.4, -0.2) is 89.3 Å². The van der Waals surface area contributed by atoms with Gasteiger partial charge in [-0.05, 0) is 161 Å². The van der Waals surface area contributed by atoms with Crippen LogP contribution in [0.2, 0.25) is 0 Å². The largest absolute Gasteiger partial charge is 0.368 e. The Bertz CT molecular complexity index is 1230. The molecule has 0 aliphatic carbocycles. The zero-order valence-electron chi connectivity index (χ0n) is 51.9. The molecule has 0 aromatic carbocycles. The normalized spacial score (nSPS) is 12.8. The zero-order chi connectivity index (χ0) is 55.5. The van der Waals surface area contributed by atoms with Gasteiger partial charge in [0.15, 0.2) is 6.29 Å². The van der Waals surface area contributed by atoms with Gasteiger partial charge in [-0.1, -0.05) is 209 Å². The van der Waals surface area contributed by atoms with Gasteiger partial charge in [-0.25, -0.2) is 0 Å². The minimum absolute atomic E-state index is 0. The molecule has 0 heterocycles. The topological polar surface area (TPSA) is 78.9 Å². The van der Waals surface area contributed by atoms with Crippen LogP contribution in [0, 0.1) is 0 Å². The number of nitrogens with zero attached hydrogens (tertiary/aromatic N) is 1. The summed E-state index contributed by atoms with van der Waals surface area (Å²) in [5.41, 5.74) is 0. The summed E-state index contributed by atoms with van der Waals surface area (Å²) in [6.45, 7) is 12.5. The molecule has 0 saturated heterocycles. The second-order valence-electron chi connectivity index (χ2n) is 21.9. The van der Waals surface area contributed by atoms with Crippen molar-refractivity contribution in [2.45, 2.75) is 303 Å². The summed E-state index contributed by atoms with van der Waals surface area (Å²) in [5.74, 6) is 0. The van der Waals surface area contributed by atoms with Crippen LogP contribution in [0.15, 0.2) is 72.9 Å². The molecule has 0 amide bonds. The molecule has 0 rings (SSSR count). The Labute approximate surface area is 496 Å². The molecular formula is C69H129CrNO7. The van der Waals surface area contributed by atoms with Gasteiger partial charge in [0.2, 0.25) is 0 Å². The molecule has 0 radical (unpaired) electrons. The van der Waals surface area contributed by atoms with E-state index in [4.69, 9.17) is 28.4 Å². The van der Waals surface area contributed by atoms with E-state index in [1.807, 2.05) is 0 Å². The Balaban J connectivity index is 0. The van der Waals surface area contributed by atoms with Crippen molar-refractivity contribution >= 4 is 0 Å². The van der Waals surface area contributed by atoms with Gasteiger partial charge >= 0.3 is 0 Å². The molecular weight excluding hydrogens is 1010 g/mol. The number of allylic oxidation sites excluding steroid dienone is 12. The average molecular weight is 1140 g/mol. The van der Waals surface area contributed by atoms with E-state index >= 15 is 0 Å². The molecule has 78 heavy (non-hydrogen) atoms. The minimum atomic E-state index is -0.787. The first-order valence-electron chi connectivity index (χ1n) is 32.9. The third-order valence-corrected chi connectivity index (χ3v) is 14.1. The maximum atomic E-state index is 10.9. The smallest absolute Gasteiger partial charge is 0.154 e. The number of ether oxygens (including phenoxy) is 6. The molecule has 0 aromatic heterocycles. The van der Waals surface area contributed by atoms with E-state index < -0.39 is 6.29 Å². The Morgan fingerprint density at radius 2 is 0.628 bits per heavy atom. The van der Waals surface area contributed by atoms with Gasteiger partial charge in [0.25, 0.3) is 0 Å². The van der Waals surface area contributed by atoms with Crippen LogP contribution in [0.25, 0.3) is 0 Å². The number of hydrogen-bond acceptors (Lipinski definition) is 8. The second kappa shape index (κ2) is 71.8. The number of aliphatic hydroxyl groups excluding tert-OH is 1. The monoisotopic (exact) mass is 1140 g/mol. The molecule has 1 unspecified atom stereocenters. The second-order valence-corrected chi connectivity index (χ2v) is 21.9. The predicted molar refractivity (Wildman–Crippen MR) is 334 cm³/mol. The van der Waals surface area contributed by atoms with E-state index in [-0.39, 0.29) is 23.5 Å². The molecule has 0 saturated carbocycles. The first-order valence-corrected chi connectivity index (χ1v) is 32.9. The van der Waals surface area contributed by atoms with Crippen molar-refractivity contribution in [2.24, 2.45) is 0 Å². The number of unbranched alkanes of at least 4 members (excludes halogenated alkanes) is 27. The van der Waals surface area contributed by atoms with Gasteiger partial charge < -0.3 is 33.5 Å². The summed E-state index contributed by atoms with van der Waals surface area (Å²) < 4.78 is 35.5. The number of hydrogen-bond donors (Lipinski definition) is 1. The fourth-order valence-electron chi connectivity index (χ4n) is 9.15. The van der Waals surface area contributed by atoms with Gasteiger partial charge in [-0.2, -0.15) is 0 Å². The Morgan fingerprint density at radius 1 is 0.333 bits per heavy atom. The van der Waals surface area contributed by atoms with Gasteiger partial charge in [-0.3, -0.25) is 4.90 Å². The molecule has 0 aliphatic heterocycles. The first kappa shape index (κ1) is 78.7. The van der Waals surface area contributed by atoms with Gasteiger partial charge in [0.1, 0.15) is 13.6 Å².